The van der Waals surface area contributed by atoms with Gasteiger partial charge in [0.1, 0.15) is 0 Å². The van der Waals surface area contributed by atoms with Crippen molar-refractivity contribution in [1.82, 2.24) is 4.98 Å². The first kappa shape index (κ1) is 10.7. The Morgan fingerprint density at radius 2 is 2.06 bits per heavy atom. The number of hydrogen-bond donors (Lipinski definition) is 2. The van der Waals surface area contributed by atoms with Gasteiger partial charge in [-0.3, -0.25) is 10.1 Å². The summed E-state index contributed by atoms with van der Waals surface area (Å²) in [5.74, 6) is 0.318. The standard InChI is InChI=1S/C10H11N3O2S/c1-11-10-8(13(14)15)4-5-9(12-10)16-6-2-3-7-16/h2-7,16H,1H3,(H,11,12). The lowest BCUT2D eigenvalue weighted by atomic mass is 10.4. The quantitative estimate of drug-likeness (QED) is 0.481. The molecule has 1 aliphatic heterocycles. The lowest BCUT2D eigenvalue weighted by Crippen LogP contribution is -2.00. The Hall–Kier alpha value is -1.82. The van der Waals surface area contributed by atoms with Gasteiger partial charge in [0.15, 0.2) is 0 Å². The Morgan fingerprint density at radius 3 is 2.62 bits per heavy atom. The number of pyridine rings is 1. The summed E-state index contributed by atoms with van der Waals surface area (Å²) in [4.78, 5) is 14.5. The monoisotopic (exact) mass is 237 g/mol. The van der Waals surface area contributed by atoms with E-state index in [0.717, 1.165) is 5.03 Å². The number of hydrogen-bond acceptors (Lipinski definition) is 4. The average molecular weight is 237 g/mol. The van der Waals surface area contributed by atoms with Crippen LogP contribution >= 0.6 is 10.9 Å². The van der Waals surface area contributed by atoms with Crippen molar-refractivity contribution in [3.05, 3.63) is 45.2 Å². The number of anilines is 1. The van der Waals surface area contributed by atoms with Crippen LogP contribution in [0.5, 0.6) is 0 Å². The van der Waals surface area contributed by atoms with Crippen LogP contribution in [-0.2, 0) is 0 Å². The van der Waals surface area contributed by atoms with Crippen LogP contribution < -0.4 is 5.32 Å². The van der Waals surface area contributed by atoms with E-state index in [1.54, 1.807) is 13.1 Å². The highest BCUT2D eigenvalue weighted by molar-refractivity contribution is 8.22. The van der Waals surface area contributed by atoms with Gasteiger partial charge in [-0.05, 0) is 16.9 Å². The second kappa shape index (κ2) is 4.36. The molecular weight excluding hydrogens is 226 g/mol. The normalized spacial score (nSPS) is 15.4. The molecule has 1 aliphatic rings. The Kier molecular flexibility index (Phi) is 2.91. The average Bonchev–Trinajstić information content (AvgIpc) is 2.81. The summed E-state index contributed by atoms with van der Waals surface area (Å²) in [7, 11) is 1.10. The lowest BCUT2D eigenvalue weighted by Gasteiger charge is -2.10. The van der Waals surface area contributed by atoms with Crippen LogP contribution in [0.2, 0.25) is 0 Å². The third-order valence-corrected chi connectivity index (χ3v) is 3.93. The van der Waals surface area contributed by atoms with Gasteiger partial charge in [-0.1, -0.05) is 12.2 Å². The topological polar surface area (TPSA) is 68.1 Å². The Morgan fingerprint density at radius 1 is 1.38 bits per heavy atom. The zero-order chi connectivity index (χ0) is 11.5. The van der Waals surface area contributed by atoms with E-state index in [9.17, 15) is 10.1 Å². The van der Waals surface area contributed by atoms with Crippen molar-refractivity contribution in [2.45, 2.75) is 5.03 Å². The van der Waals surface area contributed by atoms with E-state index in [-0.39, 0.29) is 5.69 Å². The predicted molar refractivity (Wildman–Crippen MR) is 66.0 cm³/mol. The maximum absolute atomic E-state index is 10.7. The molecule has 0 saturated carbocycles. The first-order chi connectivity index (χ1) is 7.72. The van der Waals surface area contributed by atoms with Crippen molar-refractivity contribution in [2.24, 2.45) is 0 Å². The highest BCUT2D eigenvalue weighted by Gasteiger charge is 2.16. The van der Waals surface area contributed by atoms with Crippen LogP contribution in [0.25, 0.3) is 0 Å². The Labute approximate surface area is 95.4 Å². The molecule has 16 heavy (non-hydrogen) atoms. The molecule has 0 spiro atoms. The van der Waals surface area contributed by atoms with E-state index < -0.39 is 15.8 Å². The van der Waals surface area contributed by atoms with E-state index in [2.05, 4.69) is 21.1 Å². The van der Waals surface area contributed by atoms with Crippen molar-refractivity contribution in [3.8, 4) is 0 Å². The first-order valence-electron chi connectivity index (χ1n) is 4.69. The second-order valence-electron chi connectivity index (χ2n) is 3.13. The molecular formula is C10H11N3O2S. The van der Waals surface area contributed by atoms with Gasteiger partial charge in [-0.2, -0.15) is 10.9 Å². The van der Waals surface area contributed by atoms with E-state index in [1.807, 2.05) is 12.2 Å². The van der Waals surface area contributed by atoms with Gasteiger partial charge >= 0.3 is 5.69 Å². The highest BCUT2D eigenvalue weighted by Crippen LogP contribution is 2.42. The number of thiol groups is 1. The highest BCUT2D eigenvalue weighted by atomic mass is 32.2. The molecule has 1 N–H and O–H groups in total. The third kappa shape index (κ3) is 1.92. The number of nitro groups is 1. The fourth-order valence-corrected chi connectivity index (χ4v) is 2.84. The Bertz CT molecular complexity index is 473. The van der Waals surface area contributed by atoms with Gasteiger partial charge in [-0.25, -0.2) is 4.98 Å². The molecule has 2 heterocycles. The summed E-state index contributed by atoms with van der Waals surface area (Å²) >= 11 is 0. The zero-order valence-corrected chi connectivity index (χ0v) is 9.52. The molecule has 0 unspecified atom stereocenters. The maximum atomic E-state index is 10.7. The summed E-state index contributed by atoms with van der Waals surface area (Å²) in [6.07, 6.45) is 3.93. The van der Waals surface area contributed by atoms with Crippen LogP contribution in [0, 0.1) is 10.1 Å². The SMILES string of the molecule is CNc1nc([SH]2C=CC=C2)ccc1[N+](=O)[O-]. The summed E-state index contributed by atoms with van der Waals surface area (Å²) in [5, 5.41) is 18.5. The number of allylic oxidation sites excluding steroid dienone is 2. The summed E-state index contributed by atoms with van der Waals surface area (Å²) in [6.45, 7) is 0. The van der Waals surface area contributed by atoms with Gasteiger partial charge in [0.05, 0.1) is 9.95 Å². The molecule has 1 aromatic rings. The molecule has 0 bridgehead atoms. The molecule has 5 nitrogen and oxygen atoms in total. The fraction of sp³-hybridized carbons (Fsp3) is 0.100. The number of aromatic nitrogens is 1. The van der Waals surface area contributed by atoms with Crippen molar-refractivity contribution in [3.63, 3.8) is 0 Å². The molecule has 1 aromatic heterocycles. The molecule has 0 radical (unpaired) electrons. The van der Waals surface area contributed by atoms with Crippen molar-refractivity contribution in [2.75, 3.05) is 12.4 Å². The summed E-state index contributed by atoms with van der Waals surface area (Å²) in [6, 6.07) is 3.21. The number of rotatable bonds is 3. The fourth-order valence-electron chi connectivity index (χ4n) is 1.40. The lowest BCUT2D eigenvalue weighted by molar-refractivity contribution is -0.384. The number of nitrogens with zero attached hydrogens (tertiary/aromatic N) is 2. The van der Waals surface area contributed by atoms with E-state index in [0.29, 0.717) is 5.82 Å². The van der Waals surface area contributed by atoms with Crippen molar-refractivity contribution < 1.29 is 4.92 Å². The molecule has 0 atom stereocenters. The molecule has 0 aliphatic carbocycles. The second-order valence-corrected chi connectivity index (χ2v) is 5.00. The van der Waals surface area contributed by atoms with Crippen LogP contribution in [-0.4, -0.2) is 17.0 Å². The van der Waals surface area contributed by atoms with Gasteiger partial charge in [-0.15, -0.1) is 0 Å². The Balaban J connectivity index is 2.40. The molecule has 6 heteroatoms. The molecule has 0 fully saturated rings. The van der Waals surface area contributed by atoms with Gasteiger partial charge < -0.3 is 5.32 Å². The van der Waals surface area contributed by atoms with E-state index in [1.165, 1.54) is 6.07 Å². The van der Waals surface area contributed by atoms with Crippen LogP contribution in [0.1, 0.15) is 0 Å². The van der Waals surface area contributed by atoms with E-state index >= 15 is 0 Å². The molecule has 84 valence electrons. The van der Waals surface area contributed by atoms with Crippen LogP contribution in [0.4, 0.5) is 11.5 Å². The minimum Gasteiger partial charge on any atom is -0.367 e. The summed E-state index contributed by atoms with van der Waals surface area (Å²) in [5.41, 5.74) is 0.00778. The van der Waals surface area contributed by atoms with Gasteiger partial charge in [0, 0.05) is 13.1 Å². The minimum absolute atomic E-state index is 0.00778. The third-order valence-electron chi connectivity index (χ3n) is 2.16. The minimum atomic E-state index is -0.529. The number of nitrogens with one attached hydrogen (secondary N) is 1. The van der Waals surface area contributed by atoms with Gasteiger partial charge in [0.25, 0.3) is 0 Å². The van der Waals surface area contributed by atoms with Gasteiger partial charge in [0.2, 0.25) is 5.82 Å². The van der Waals surface area contributed by atoms with Crippen LogP contribution in [0.3, 0.4) is 0 Å². The first-order valence-corrected chi connectivity index (χ1v) is 6.17. The largest absolute Gasteiger partial charge is 0.367 e. The van der Waals surface area contributed by atoms with E-state index in [4.69, 9.17) is 0 Å². The molecule has 0 saturated heterocycles. The molecule has 0 amide bonds. The molecule has 2 rings (SSSR count). The van der Waals surface area contributed by atoms with Crippen LogP contribution in [0.15, 0.2) is 40.1 Å². The maximum Gasteiger partial charge on any atom is 0.311 e. The van der Waals surface area contributed by atoms with Crippen molar-refractivity contribution in [1.29, 1.82) is 0 Å². The molecule has 0 aromatic carbocycles. The predicted octanol–water partition coefficient (Wildman–Crippen LogP) is 2.43. The summed E-state index contributed by atoms with van der Waals surface area (Å²) < 4.78 is 0. The van der Waals surface area contributed by atoms with Crippen molar-refractivity contribution >= 4 is 22.4 Å². The smallest absolute Gasteiger partial charge is 0.311 e. The zero-order valence-electron chi connectivity index (χ0n) is 8.62.